The van der Waals surface area contributed by atoms with Crippen LogP contribution in [-0.2, 0) is 6.42 Å². The maximum absolute atomic E-state index is 10.4. The third kappa shape index (κ3) is 4.86. The van der Waals surface area contributed by atoms with Gasteiger partial charge < -0.3 is 15.5 Å². The van der Waals surface area contributed by atoms with E-state index in [-0.39, 0.29) is 11.8 Å². The number of phenolic OH excluding ortho intramolecular Hbond substituents is 1. The molecule has 0 saturated heterocycles. The van der Waals surface area contributed by atoms with E-state index in [1.165, 1.54) is 5.56 Å². The molecule has 0 spiro atoms. The molecule has 0 fully saturated rings. The van der Waals surface area contributed by atoms with Crippen molar-refractivity contribution in [3.8, 4) is 5.75 Å². The molecule has 0 amide bonds. The average Bonchev–Trinajstić information content (AvgIpc) is 2.54. The first kappa shape index (κ1) is 16.5. The molecular formula is C19H26NO2+. The highest BCUT2D eigenvalue weighted by molar-refractivity contribution is 5.27. The van der Waals surface area contributed by atoms with Crippen LogP contribution in [0.15, 0.2) is 54.6 Å². The standard InChI is InChI=1S/C19H25NO2/c1-14(8-9-16-6-4-3-5-7-16)20-15(2)19(22)17-10-12-18(21)13-11-17/h3-7,10-15,19-22H,8-9H2,1-2H3/p+1. The van der Waals surface area contributed by atoms with Crippen molar-refractivity contribution in [2.24, 2.45) is 0 Å². The molecular weight excluding hydrogens is 274 g/mol. The van der Waals surface area contributed by atoms with E-state index in [4.69, 9.17) is 0 Å². The summed E-state index contributed by atoms with van der Waals surface area (Å²) in [7, 11) is 0. The van der Waals surface area contributed by atoms with Gasteiger partial charge in [-0.2, -0.15) is 0 Å². The number of aliphatic hydroxyl groups is 1. The summed E-state index contributed by atoms with van der Waals surface area (Å²) in [6.07, 6.45) is 1.61. The molecule has 3 unspecified atom stereocenters. The van der Waals surface area contributed by atoms with E-state index in [0.29, 0.717) is 6.04 Å². The minimum atomic E-state index is -0.528. The first-order valence-electron chi connectivity index (χ1n) is 7.92. The van der Waals surface area contributed by atoms with Crippen molar-refractivity contribution in [2.75, 3.05) is 0 Å². The van der Waals surface area contributed by atoms with Gasteiger partial charge in [0.25, 0.3) is 0 Å². The van der Waals surface area contributed by atoms with Crippen LogP contribution < -0.4 is 5.32 Å². The van der Waals surface area contributed by atoms with E-state index in [1.54, 1.807) is 24.3 Å². The normalized spacial score (nSPS) is 15.2. The number of rotatable bonds is 7. The van der Waals surface area contributed by atoms with Crippen LogP contribution in [0.1, 0.15) is 37.5 Å². The number of hydrogen-bond donors (Lipinski definition) is 3. The predicted molar refractivity (Wildman–Crippen MR) is 88.7 cm³/mol. The van der Waals surface area contributed by atoms with Gasteiger partial charge in [-0.3, -0.25) is 0 Å². The molecule has 0 aliphatic carbocycles. The summed E-state index contributed by atoms with van der Waals surface area (Å²) in [5.74, 6) is 0.226. The number of quaternary nitrogens is 1. The highest BCUT2D eigenvalue weighted by Crippen LogP contribution is 2.18. The molecule has 0 radical (unpaired) electrons. The molecule has 3 heteroatoms. The van der Waals surface area contributed by atoms with Gasteiger partial charge in [0.15, 0.2) is 0 Å². The fourth-order valence-electron chi connectivity index (χ4n) is 2.73. The Balaban J connectivity index is 1.82. The number of aryl methyl sites for hydroxylation is 1. The third-order valence-electron chi connectivity index (χ3n) is 4.10. The summed E-state index contributed by atoms with van der Waals surface area (Å²) in [6.45, 7) is 4.24. The fourth-order valence-corrected chi connectivity index (χ4v) is 2.73. The highest BCUT2D eigenvalue weighted by atomic mass is 16.3. The van der Waals surface area contributed by atoms with Crippen LogP contribution in [0.3, 0.4) is 0 Å². The van der Waals surface area contributed by atoms with Crippen LogP contribution in [0.2, 0.25) is 0 Å². The van der Waals surface area contributed by atoms with E-state index in [2.05, 4.69) is 36.5 Å². The van der Waals surface area contributed by atoms with E-state index in [9.17, 15) is 10.2 Å². The Morgan fingerprint density at radius 2 is 1.59 bits per heavy atom. The Labute approximate surface area is 132 Å². The smallest absolute Gasteiger partial charge is 0.130 e. The largest absolute Gasteiger partial charge is 0.508 e. The monoisotopic (exact) mass is 300 g/mol. The van der Waals surface area contributed by atoms with Crippen LogP contribution in [0.25, 0.3) is 0 Å². The van der Waals surface area contributed by atoms with Gasteiger partial charge in [-0.05, 0) is 43.5 Å². The van der Waals surface area contributed by atoms with Crippen molar-refractivity contribution in [1.29, 1.82) is 0 Å². The molecule has 0 aromatic heterocycles. The van der Waals surface area contributed by atoms with Crippen LogP contribution in [0.4, 0.5) is 0 Å². The van der Waals surface area contributed by atoms with E-state index < -0.39 is 6.10 Å². The summed E-state index contributed by atoms with van der Waals surface area (Å²) in [4.78, 5) is 0. The molecule has 0 bridgehead atoms. The molecule has 2 rings (SSSR count). The Kier molecular flexibility index (Phi) is 5.99. The van der Waals surface area contributed by atoms with Gasteiger partial charge in [-0.1, -0.05) is 42.5 Å². The minimum absolute atomic E-state index is 0.0790. The van der Waals surface area contributed by atoms with Gasteiger partial charge in [0, 0.05) is 6.42 Å². The maximum Gasteiger partial charge on any atom is 0.130 e. The predicted octanol–water partition coefficient (Wildman–Crippen LogP) is 2.40. The summed E-state index contributed by atoms with van der Waals surface area (Å²) in [5.41, 5.74) is 2.20. The zero-order valence-electron chi connectivity index (χ0n) is 13.3. The molecule has 2 aromatic rings. The quantitative estimate of drug-likeness (QED) is 0.735. The summed E-state index contributed by atoms with van der Waals surface area (Å²) >= 11 is 0. The van der Waals surface area contributed by atoms with Crippen molar-refractivity contribution >= 4 is 0 Å². The highest BCUT2D eigenvalue weighted by Gasteiger charge is 2.21. The third-order valence-corrected chi connectivity index (χ3v) is 4.10. The van der Waals surface area contributed by atoms with Gasteiger partial charge in [0.1, 0.15) is 17.9 Å². The maximum atomic E-state index is 10.4. The second-order valence-corrected chi connectivity index (χ2v) is 6.09. The van der Waals surface area contributed by atoms with Gasteiger partial charge >= 0.3 is 0 Å². The molecule has 0 heterocycles. The molecule has 4 N–H and O–H groups in total. The topological polar surface area (TPSA) is 57.1 Å². The van der Waals surface area contributed by atoms with Crippen LogP contribution in [0, 0.1) is 0 Å². The lowest BCUT2D eigenvalue weighted by Gasteiger charge is -2.21. The minimum Gasteiger partial charge on any atom is -0.508 e. The van der Waals surface area contributed by atoms with Crippen molar-refractivity contribution in [3.05, 3.63) is 65.7 Å². The first-order chi connectivity index (χ1) is 10.6. The van der Waals surface area contributed by atoms with Crippen molar-refractivity contribution in [2.45, 2.75) is 44.9 Å². The van der Waals surface area contributed by atoms with Crippen molar-refractivity contribution in [3.63, 3.8) is 0 Å². The van der Waals surface area contributed by atoms with E-state index in [0.717, 1.165) is 18.4 Å². The van der Waals surface area contributed by atoms with Crippen LogP contribution in [0.5, 0.6) is 5.75 Å². The number of aliphatic hydroxyl groups excluding tert-OH is 1. The van der Waals surface area contributed by atoms with E-state index >= 15 is 0 Å². The Bertz CT molecular complexity index is 553. The number of hydrogen-bond acceptors (Lipinski definition) is 2. The molecule has 3 nitrogen and oxygen atoms in total. The molecule has 0 aliphatic heterocycles. The lowest BCUT2D eigenvalue weighted by atomic mass is 10.0. The van der Waals surface area contributed by atoms with Gasteiger partial charge in [0.2, 0.25) is 0 Å². The van der Waals surface area contributed by atoms with Crippen LogP contribution >= 0.6 is 0 Å². The Morgan fingerprint density at radius 1 is 0.955 bits per heavy atom. The number of nitrogens with two attached hydrogens (primary N) is 1. The summed E-state index contributed by atoms with van der Waals surface area (Å²) < 4.78 is 0. The molecule has 0 aliphatic rings. The first-order valence-corrected chi connectivity index (χ1v) is 7.92. The molecule has 118 valence electrons. The fraction of sp³-hybridized carbons (Fsp3) is 0.368. The van der Waals surface area contributed by atoms with Gasteiger partial charge in [-0.25, -0.2) is 0 Å². The lowest BCUT2D eigenvalue weighted by molar-refractivity contribution is -0.723. The second kappa shape index (κ2) is 7.97. The Morgan fingerprint density at radius 3 is 2.23 bits per heavy atom. The van der Waals surface area contributed by atoms with Crippen molar-refractivity contribution < 1.29 is 15.5 Å². The SMILES string of the molecule is CC(CCc1ccccc1)[NH2+]C(C)C(O)c1ccc(O)cc1. The van der Waals surface area contributed by atoms with E-state index in [1.807, 2.05) is 13.0 Å². The summed E-state index contributed by atoms with van der Waals surface area (Å²) in [6, 6.07) is 17.8. The summed E-state index contributed by atoms with van der Waals surface area (Å²) in [5, 5.41) is 21.9. The van der Waals surface area contributed by atoms with Gasteiger partial charge in [0.05, 0.1) is 6.04 Å². The molecule has 2 aromatic carbocycles. The lowest BCUT2D eigenvalue weighted by Crippen LogP contribution is -2.94. The Hall–Kier alpha value is -1.84. The zero-order valence-corrected chi connectivity index (χ0v) is 13.3. The van der Waals surface area contributed by atoms with Crippen LogP contribution in [-0.4, -0.2) is 22.3 Å². The number of aromatic hydroxyl groups is 1. The second-order valence-electron chi connectivity index (χ2n) is 6.09. The molecule has 3 atom stereocenters. The number of benzene rings is 2. The van der Waals surface area contributed by atoms with Gasteiger partial charge in [-0.15, -0.1) is 0 Å². The number of phenols is 1. The van der Waals surface area contributed by atoms with Crippen molar-refractivity contribution in [1.82, 2.24) is 0 Å². The zero-order chi connectivity index (χ0) is 15.9. The molecule has 22 heavy (non-hydrogen) atoms. The molecule has 0 saturated carbocycles. The average molecular weight is 300 g/mol.